The van der Waals surface area contributed by atoms with Crippen LogP contribution in [0.25, 0.3) is 0 Å². The van der Waals surface area contributed by atoms with Crippen molar-refractivity contribution in [3.63, 3.8) is 0 Å². The molecular weight excluding hydrogens is 244 g/mol. The minimum atomic E-state index is -0.339. The van der Waals surface area contributed by atoms with Crippen molar-refractivity contribution >= 4 is 11.7 Å². The topological polar surface area (TPSA) is 66.5 Å². The summed E-state index contributed by atoms with van der Waals surface area (Å²) in [6.07, 6.45) is 4.02. The number of anilines is 1. The zero-order chi connectivity index (χ0) is 14.0. The highest BCUT2D eigenvalue weighted by Crippen LogP contribution is 2.21. The molecule has 106 valence electrons. The second-order valence-corrected chi connectivity index (χ2v) is 5.40. The SMILES string of the molecule is CC1CCC(COC(=O)c2cc(N)cn2C(C)C)O1. The number of carbonyl (C=O) groups is 1. The molecule has 0 saturated carbocycles. The Hall–Kier alpha value is -1.49. The van der Waals surface area contributed by atoms with Crippen LogP contribution in [-0.4, -0.2) is 29.4 Å². The van der Waals surface area contributed by atoms with E-state index in [1.54, 1.807) is 12.3 Å². The highest BCUT2D eigenvalue weighted by Gasteiger charge is 2.24. The second kappa shape index (κ2) is 5.65. The summed E-state index contributed by atoms with van der Waals surface area (Å²) in [5, 5.41) is 0. The first-order valence-electron chi connectivity index (χ1n) is 6.77. The molecule has 19 heavy (non-hydrogen) atoms. The zero-order valence-electron chi connectivity index (χ0n) is 11.8. The first kappa shape index (κ1) is 13.9. The number of nitrogens with two attached hydrogens (primary N) is 1. The fourth-order valence-electron chi connectivity index (χ4n) is 2.34. The summed E-state index contributed by atoms with van der Waals surface area (Å²) >= 11 is 0. The van der Waals surface area contributed by atoms with Gasteiger partial charge in [-0.15, -0.1) is 0 Å². The van der Waals surface area contributed by atoms with Crippen molar-refractivity contribution in [3.8, 4) is 0 Å². The smallest absolute Gasteiger partial charge is 0.355 e. The van der Waals surface area contributed by atoms with Crippen LogP contribution in [0.2, 0.25) is 0 Å². The van der Waals surface area contributed by atoms with Crippen LogP contribution >= 0.6 is 0 Å². The molecule has 1 aromatic heterocycles. The number of ether oxygens (including phenoxy) is 2. The van der Waals surface area contributed by atoms with Crippen LogP contribution in [0.5, 0.6) is 0 Å². The molecule has 0 spiro atoms. The van der Waals surface area contributed by atoms with Crippen LogP contribution in [0.1, 0.15) is 50.1 Å². The molecule has 0 radical (unpaired) electrons. The number of rotatable bonds is 4. The molecular formula is C14H22N2O3. The van der Waals surface area contributed by atoms with E-state index in [1.807, 2.05) is 25.3 Å². The Balaban J connectivity index is 1.96. The number of nitrogen functional groups attached to an aromatic ring is 1. The van der Waals surface area contributed by atoms with E-state index in [1.165, 1.54) is 0 Å². The maximum atomic E-state index is 12.1. The van der Waals surface area contributed by atoms with Crippen molar-refractivity contribution in [1.82, 2.24) is 4.57 Å². The van der Waals surface area contributed by atoms with Gasteiger partial charge in [0.25, 0.3) is 0 Å². The lowest BCUT2D eigenvalue weighted by atomic mass is 10.2. The zero-order valence-corrected chi connectivity index (χ0v) is 11.8. The van der Waals surface area contributed by atoms with Crippen molar-refractivity contribution in [2.45, 2.75) is 51.9 Å². The molecule has 1 aliphatic heterocycles. The van der Waals surface area contributed by atoms with E-state index in [-0.39, 0.29) is 24.2 Å². The highest BCUT2D eigenvalue weighted by atomic mass is 16.6. The number of nitrogens with zero attached hydrogens (tertiary/aromatic N) is 1. The van der Waals surface area contributed by atoms with E-state index < -0.39 is 0 Å². The number of aromatic nitrogens is 1. The Morgan fingerprint density at radius 1 is 1.58 bits per heavy atom. The molecule has 1 aliphatic rings. The van der Waals surface area contributed by atoms with Gasteiger partial charge in [0, 0.05) is 12.2 Å². The lowest BCUT2D eigenvalue weighted by Crippen LogP contribution is -2.21. The van der Waals surface area contributed by atoms with E-state index in [2.05, 4.69) is 0 Å². The van der Waals surface area contributed by atoms with Crippen LogP contribution < -0.4 is 5.73 Å². The van der Waals surface area contributed by atoms with Crippen LogP contribution in [0.3, 0.4) is 0 Å². The predicted molar refractivity (Wildman–Crippen MR) is 73.1 cm³/mol. The second-order valence-electron chi connectivity index (χ2n) is 5.40. The molecule has 5 nitrogen and oxygen atoms in total. The van der Waals surface area contributed by atoms with Gasteiger partial charge in [0.2, 0.25) is 0 Å². The van der Waals surface area contributed by atoms with Gasteiger partial charge in [0.1, 0.15) is 12.3 Å². The average Bonchev–Trinajstić information content (AvgIpc) is 2.92. The van der Waals surface area contributed by atoms with Gasteiger partial charge in [-0.2, -0.15) is 0 Å². The molecule has 0 bridgehead atoms. The molecule has 2 unspecified atom stereocenters. The number of carbonyl (C=O) groups excluding carboxylic acids is 1. The number of esters is 1. The third kappa shape index (κ3) is 3.29. The standard InChI is InChI=1S/C14H22N2O3/c1-9(2)16-7-11(15)6-13(16)14(17)18-8-12-5-4-10(3)19-12/h6-7,9-10,12H,4-5,8,15H2,1-3H3. The largest absolute Gasteiger partial charge is 0.458 e. The molecule has 0 aromatic carbocycles. The van der Waals surface area contributed by atoms with Crippen molar-refractivity contribution in [1.29, 1.82) is 0 Å². The fraction of sp³-hybridized carbons (Fsp3) is 0.643. The summed E-state index contributed by atoms with van der Waals surface area (Å²) in [6.45, 7) is 6.34. The van der Waals surface area contributed by atoms with E-state index >= 15 is 0 Å². The maximum absolute atomic E-state index is 12.1. The Morgan fingerprint density at radius 2 is 2.32 bits per heavy atom. The third-order valence-corrected chi connectivity index (χ3v) is 3.36. The Labute approximate surface area is 113 Å². The van der Waals surface area contributed by atoms with Crippen LogP contribution in [0.15, 0.2) is 12.3 Å². The van der Waals surface area contributed by atoms with Gasteiger partial charge in [-0.1, -0.05) is 0 Å². The molecule has 2 N–H and O–H groups in total. The van der Waals surface area contributed by atoms with Gasteiger partial charge in [0.05, 0.1) is 17.9 Å². The summed E-state index contributed by atoms with van der Waals surface area (Å²) in [7, 11) is 0. The molecule has 0 aliphatic carbocycles. The summed E-state index contributed by atoms with van der Waals surface area (Å²) < 4.78 is 12.8. The summed E-state index contributed by atoms with van der Waals surface area (Å²) in [6, 6.07) is 1.82. The molecule has 2 heterocycles. The molecule has 1 aromatic rings. The van der Waals surface area contributed by atoms with Crippen molar-refractivity contribution < 1.29 is 14.3 Å². The maximum Gasteiger partial charge on any atom is 0.355 e. The Morgan fingerprint density at radius 3 is 2.89 bits per heavy atom. The molecule has 2 rings (SSSR count). The van der Waals surface area contributed by atoms with Gasteiger partial charge in [0.15, 0.2) is 0 Å². The molecule has 1 fully saturated rings. The lowest BCUT2D eigenvalue weighted by Gasteiger charge is -2.14. The van der Waals surface area contributed by atoms with Gasteiger partial charge < -0.3 is 19.8 Å². The lowest BCUT2D eigenvalue weighted by molar-refractivity contribution is -0.00332. The fourth-order valence-corrected chi connectivity index (χ4v) is 2.34. The molecule has 5 heteroatoms. The van der Waals surface area contributed by atoms with Crippen molar-refractivity contribution in [2.24, 2.45) is 0 Å². The van der Waals surface area contributed by atoms with E-state index in [9.17, 15) is 4.79 Å². The van der Waals surface area contributed by atoms with Gasteiger partial charge in [-0.3, -0.25) is 0 Å². The molecule has 0 amide bonds. The minimum Gasteiger partial charge on any atom is -0.458 e. The normalized spacial score (nSPS) is 22.9. The van der Waals surface area contributed by atoms with E-state index in [0.717, 1.165) is 12.8 Å². The van der Waals surface area contributed by atoms with Gasteiger partial charge in [-0.05, 0) is 39.7 Å². The number of hydrogen-bond donors (Lipinski definition) is 1. The van der Waals surface area contributed by atoms with Crippen molar-refractivity contribution in [2.75, 3.05) is 12.3 Å². The molecule has 1 saturated heterocycles. The summed E-state index contributed by atoms with van der Waals surface area (Å²) in [4.78, 5) is 12.1. The quantitative estimate of drug-likeness (QED) is 0.850. The van der Waals surface area contributed by atoms with Gasteiger partial charge in [-0.25, -0.2) is 4.79 Å². The third-order valence-electron chi connectivity index (χ3n) is 3.36. The summed E-state index contributed by atoms with van der Waals surface area (Å²) in [5.74, 6) is -0.339. The van der Waals surface area contributed by atoms with Crippen molar-refractivity contribution in [3.05, 3.63) is 18.0 Å². The highest BCUT2D eigenvalue weighted by molar-refractivity contribution is 5.89. The van der Waals surface area contributed by atoms with Crippen LogP contribution in [0, 0.1) is 0 Å². The monoisotopic (exact) mass is 266 g/mol. The van der Waals surface area contributed by atoms with Gasteiger partial charge >= 0.3 is 5.97 Å². The average molecular weight is 266 g/mol. The predicted octanol–water partition coefficient (Wildman–Crippen LogP) is 2.38. The minimum absolute atomic E-state index is 0.0266. The van der Waals surface area contributed by atoms with E-state index in [0.29, 0.717) is 18.0 Å². The Kier molecular flexibility index (Phi) is 4.14. The van der Waals surface area contributed by atoms with E-state index in [4.69, 9.17) is 15.2 Å². The summed E-state index contributed by atoms with van der Waals surface area (Å²) in [5.41, 5.74) is 6.81. The Bertz CT molecular complexity index is 454. The first-order valence-corrected chi connectivity index (χ1v) is 6.77. The molecule has 2 atom stereocenters. The number of hydrogen-bond acceptors (Lipinski definition) is 4. The van der Waals surface area contributed by atoms with Crippen LogP contribution in [-0.2, 0) is 9.47 Å². The van der Waals surface area contributed by atoms with Crippen LogP contribution in [0.4, 0.5) is 5.69 Å². The first-order chi connectivity index (χ1) is 8.97.